The van der Waals surface area contributed by atoms with Gasteiger partial charge in [0.25, 0.3) is 5.91 Å². The second-order valence-electron chi connectivity index (χ2n) is 5.26. The number of hydrogen-bond acceptors (Lipinski definition) is 6. The molecule has 9 nitrogen and oxygen atoms in total. The van der Waals surface area contributed by atoms with Crippen LogP contribution in [0.3, 0.4) is 0 Å². The zero-order valence-electron chi connectivity index (χ0n) is 13.7. The van der Waals surface area contributed by atoms with Crippen LogP contribution in [0.1, 0.15) is 21.9 Å². The number of aromatic amines is 1. The number of esters is 1. The maximum Gasteiger partial charge on any atom is 0.313 e. The number of nitrogens with zero attached hydrogens (tertiary/aromatic N) is 4. The van der Waals surface area contributed by atoms with Crippen LogP contribution < -0.4 is 5.32 Å². The summed E-state index contributed by atoms with van der Waals surface area (Å²) in [6.07, 6.45) is 1.80. The minimum absolute atomic E-state index is 0.0443. The van der Waals surface area contributed by atoms with Gasteiger partial charge in [-0.2, -0.15) is 10.1 Å². The van der Waals surface area contributed by atoms with Gasteiger partial charge in [-0.3, -0.25) is 20.0 Å². The number of methoxy groups -OCH3 is 1. The first-order valence-corrected chi connectivity index (χ1v) is 7.47. The van der Waals surface area contributed by atoms with Crippen molar-refractivity contribution in [2.24, 2.45) is 0 Å². The molecule has 0 saturated heterocycles. The monoisotopic (exact) mass is 340 g/mol. The van der Waals surface area contributed by atoms with Gasteiger partial charge < -0.3 is 4.74 Å². The topological polar surface area (TPSA) is 115 Å². The first kappa shape index (κ1) is 16.4. The van der Waals surface area contributed by atoms with Crippen LogP contribution in [0.2, 0.25) is 0 Å². The van der Waals surface area contributed by atoms with E-state index in [-0.39, 0.29) is 18.3 Å². The van der Waals surface area contributed by atoms with E-state index in [1.807, 2.05) is 19.2 Å². The van der Waals surface area contributed by atoms with Crippen LogP contribution in [0.5, 0.6) is 0 Å². The number of nitrogens with one attached hydrogen (secondary N) is 2. The zero-order valence-corrected chi connectivity index (χ0v) is 13.7. The number of ether oxygens (including phenoxy) is 1. The molecule has 2 aromatic heterocycles. The number of carbonyl (C=O) groups is 2. The predicted octanol–water partition coefficient (Wildman–Crippen LogP) is 1.27. The summed E-state index contributed by atoms with van der Waals surface area (Å²) in [7, 11) is 1.29. The van der Waals surface area contributed by atoms with Crippen LogP contribution >= 0.6 is 0 Å². The van der Waals surface area contributed by atoms with Crippen molar-refractivity contribution in [1.29, 1.82) is 0 Å². The Morgan fingerprint density at radius 3 is 2.64 bits per heavy atom. The van der Waals surface area contributed by atoms with E-state index in [0.717, 1.165) is 11.4 Å². The maximum atomic E-state index is 12.2. The van der Waals surface area contributed by atoms with Crippen LogP contribution in [0.15, 0.2) is 36.5 Å². The highest BCUT2D eigenvalue weighted by Crippen LogP contribution is 2.11. The van der Waals surface area contributed by atoms with E-state index >= 15 is 0 Å². The molecule has 0 aliphatic heterocycles. The number of carbonyl (C=O) groups excluding carboxylic acids is 2. The van der Waals surface area contributed by atoms with Crippen LogP contribution in [0, 0.1) is 6.92 Å². The fourth-order valence-corrected chi connectivity index (χ4v) is 2.14. The Morgan fingerprint density at radius 1 is 1.24 bits per heavy atom. The van der Waals surface area contributed by atoms with Crippen molar-refractivity contribution in [3.63, 3.8) is 0 Å². The Balaban J connectivity index is 1.66. The minimum atomic E-state index is -0.446. The van der Waals surface area contributed by atoms with E-state index in [4.69, 9.17) is 0 Å². The van der Waals surface area contributed by atoms with Crippen molar-refractivity contribution in [2.75, 3.05) is 12.4 Å². The molecule has 0 saturated carbocycles. The number of aryl methyl sites for hydroxylation is 1. The molecule has 0 atom stereocenters. The molecule has 0 aliphatic carbocycles. The van der Waals surface area contributed by atoms with Crippen LogP contribution in [-0.2, 0) is 16.0 Å². The number of H-pyrrole nitrogens is 1. The Hall–Kier alpha value is -3.49. The molecular formula is C16H16N6O3. The Bertz CT molecular complexity index is 897. The molecule has 2 heterocycles. The van der Waals surface area contributed by atoms with Crippen molar-refractivity contribution in [1.82, 2.24) is 25.0 Å². The molecule has 2 N–H and O–H groups in total. The zero-order chi connectivity index (χ0) is 17.8. The van der Waals surface area contributed by atoms with Crippen molar-refractivity contribution < 1.29 is 14.3 Å². The van der Waals surface area contributed by atoms with Crippen LogP contribution in [0.25, 0.3) is 5.69 Å². The highest BCUT2D eigenvalue weighted by molar-refractivity contribution is 6.03. The first-order chi connectivity index (χ1) is 12.0. The van der Waals surface area contributed by atoms with Gasteiger partial charge in [-0.1, -0.05) is 0 Å². The Kier molecular flexibility index (Phi) is 4.55. The summed E-state index contributed by atoms with van der Waals surface area (Å²) < 4.78 is 6.27. The molecule has 3 aromatic rings. The number of benzene rings is 1. The van der Waals surface area contributed by atoms with Crippen LogP contribution in [0.4, 0.5) is 5.95 Å². The summed E-state index contributed by atoms with van der Waals surface area (Å²) in [6.45, 7) is 1.91. The van der Waals surface area contributed by atoms with E-state index in [1.54, 1.807) is 28.9 Å². The average Bonchev–Trinajstić information content (AvgIpc) is 3.24. The maximum absolute atomic E-state index is 12.2. The molecule has 1 aromatic carbocycles. The molecule has 0 fully saturated rings. The first-order valence-electron chi connectivity index (χ1n) is 7.47. The summed E-state index contributed by atoms with van der Waals surface area (Å²) in [5.74, 6) is -0.396. The quantitative estimate of drug-likeness (QED) is 0.676. The van der Waals surface area contributed by atoms with E-state index in [2.05, 4.69) is 30.3 Å². The van der Waals surface area contributed by atoms with Gasteiger partial charge >= 0.3 is 5.97 Å². The highest BCUT2D eigenvalue weighted by atomic mass is 16.5. The third-order valence-corrected chi connectivity index (χ3v) is 3.41. The van der Waals surface area contributed by atoms with E-state index < -0.39 is 5.97 Å². The third-order valence-electron chi connectivity index (χ3n) is 3.41. The fourth-order valence-electron chi connectivity index (χ4n) is 2.14. The number of amides is 1. The lowest BCUT2D eigenvalue weighted by Crippen LogP contribution is -2.13. The molecule has 3 rings (SSSR count). The molecule has 128 valence electrons. The van der Waals surface area contributed by atoms with Gasteiger partial charge in [-0.25, -0.2) is 4.68 Å². The summed E-state index contributed by atoms with van der Waals surface area (Å²) in [5.41, 5.74) is 2.21. The Labute approximate surface area is 143 Å². The van der Waals surface area contributed by atoms with Crippen molar-refractivity contribution >= 4 is 17.8 Å². The molecule has 25 heavy (non-hydrogen) atoms. The van der Waals surface area contributed by atoms with Gasteiger partial charge in [0.2, 0.25) is 5.95 Å². The van der Waals surface area contributed by atoms with Gasteiger partial charge in [-0.15, -0.1) is 5.10 Å². The molecule has 0 spiro atoms. The average molecular weight is 340 g/mol. The summed E-state index contributed by atoms with van der Waals surface area (Å²) in [4.78, 5) is 27.4. The molecule has 0 bridgehead atoms. The molecule has 9 heteroatoms. The summed E-state index contributed by atoms with van der Waals surface area (Å²) >= 11 is 0. The van der Waals surface area contributed by atoms with Gasteiger partial charge in [0.1, 0.15) is 12.2 Å². The molecular weight excluding hydrogens is 324 g/mol. The normalized spacial score (nSPS) is 10.5. The molecule has 0 radical (unpaired) electrons. The van der Waals surface area contributed by atoms with E-state index in [9.17, 15) is 9.59 Å². The lowest BCUT2D eigenvalue weighted by atomic mass is 10.2. The minimum Gasteiger partial charge on any atom is -0.469 e. The fraction of sp³-hybridized carbons (Fsp3) is 0.188. The lowest BCUT2D eigenvalue weighted by Gasteiger charge is -2.04. The highest BCUT2D eigenvalue weighted by Gasteiger charge is 2.12. The van der Waals surface area contributed by atoms with Gasteiger partial charge in [0.15, 0.2) is 0 Å². The van der Waals surface area contributed by atoms with E-state index in [0.29, 0.717) is 11.4 Å². The summed E-state index contributed by atoms with van der Waals surface area (Å²) in [6, 6.07) is 8.85. The van der Waals surface area contributed by atoms with Crippen molar-refractivity contribution in [3.05, 3.63) is 53.6 Å². The summed E-state index contributed by atoms with van der Waals surface area (Å²) in [5, 5.41) is 13.3. The number of anilines is 1. The molecule has 1 amide bonds. The standard InChI is InChI=1S/C16H16N6O3/c1-10-7-8-22(21-10)12-5-3-11(4-6-12)15(24)18-16-17-13(19-20-16)9-14(23)25-2/h3-8H,9H2,1-2H3,(H2,17,18,19,20,24). The number of rotatable bonds is 5. The van der Waals surface area contributed by atoms with E-state index in [1.165, 1.54) is 7.11 Å². The van der Waals surface area contributed by atoms with Gasteiger partial charge in [0.05, 0.1) is 18.5 Å². The number of aromatic nitrogens is 5. The predicted molar refractivity (Wildman–Crippen MR) is 88.4 cm³/mol. The second kappa shape index (κ2) is 6.95. The van der Waals surface area contributed by atoms with Crippen LogP contribution in [-0.4, -0.2) is 43.9 Å². The second-order valence-corrected chi connectivity index (χ2v) is 5.26. The number of hydrogen-bond donors (Lipinski definition) is 2. The van der Waals surface area contributed by atoms with Gasteiger partial charge in [0, 0.05) is 11.8 Å². The van der Waals surface area contributed by atoms with Crippen molar-refractivity contribution in [2.45, 2.75) is 13.3 Å². The van der Waals surface area contributed by atoms with Crippen molar-refractivity contribution in [3.8, 4) is 5.69 Å². The lowest BCUT2D eigenvalue weighted by molar-refractivity contribution is -0.139. The Morgan fingerprint density at radius 2 is 2.00 bits per heavy atom. The molecule has 0 unspecified atom stereocenters. The SMILES string of the molecule is COC(=O)Cc1nc(NC(=O)c2ccc(-n3ccc(C)n3)cc2)n[nH]1. The largest absolute Gasteiger partial charge is 0.469 e. The third kappa shape index (κ3) is 3.89. The molecule has 0 aliphatic rings. The van der Waals surface area contributed by atoms with Gasteiger partial charge in [-0.05, 0) is 37.3 Å². The smallest absolute Gasteiger partial charge is 0.313 e.